The van der Waals surface area contributed by atoms with Crippen LogP contribution in [-0.2, 0) is 6.54 Å². The van der Waals surface area contributed by atoms with Crippen LogP contribution < -0.4 is 17.0 Å². The molecule has 15 heavy (non-hydrogen) atoms. The third-order valence-electron chi connectivity index (χ3n) is 2.98. The molecule has 0 atom stereocenters. The van der Waals surface area contributed by atoms with Gasteiger partial charge in [0, 0.05) is 24.3 Å². The Morgan fingerprint density at radius 2 is 2.07 bits per heavy atom. The number of aromatic amines is 1. The lowest BCUT2D eigenvalue weighted by Gasteiger charge is -2.13. The van der Waals surface area contributed by atoms with Gasteiger partial charge in [0.2, 0.25) is 0 Å². The molecular weight excluding hydrogens is 194 g/mol. The smallest absolute Gasteiger partial charge is 0.326 e. The van der Waals surface area contributed by atoms with Gasteiger partial charge in [0.15, 0.2) is 0 Å². The second-order valence-corrected chi connectivity index (χ2v) is 3.96. The lowest BCUT2D eigenvalue weighted by molar-refractivity contribution is 0.487. The fraction of sp³-hybridized carbons (Fsp3) is 0.600. The minimum atomic E-state index is -0.364. The van der Waals surface area contributed by atoms with Gasteiger partial charge in [0.05, 0.1) is 0 Å². The Morgan fingerprint density at radius 3 is 2.67 bits per heavy atom. The van der Waals surface area contributed by atoms with Crippen molar-refractivity contribution < 1.29 is 0 Å². The van der Waals surface area contributed by atoms with E-state index in [9.17, 15) is 9.59 Å². The minimum absolute atomic E-state index is 0.169. The molecule has 3 N–H and O–H groups in total. The number of nitrogens with zero attached hydrogens (tertiary/aromatic N) is 1. The summed E-state index contributed by atoms with van der Waals surface area (Å²) in [7, 11) is 0. The molecule has 0 aromatic carbocycles. The second-order valence-electron chi connectivity index (χ2n) is 3.96. The number of nitrogens with two attached hydrogens (primary N) is 1. The fourth-order valence-corrected chi connectivity index (χ4v) is 2.13. The molecule has 1 fully saturated rings. The fourth-order valence-electron chi connectivity index (χ4n) is 2.13. The van der Waals surface area contributed by atoms with Gasteiger partial charge in [-0.15, -0.1) is 0 Å². The summed E-state index contributed by atoms with van der Waals surface area (Å²) in [6, 6.07) is 0.236. The first-order valence-electron chi connectivity index (χ1n) is 5.27. The zero-order valence-electron chi connectivity index (χ0n) is 8.53. The molecule has 0 spiro atoms. The van der Waals surface area contributed by atoms with E-state index < -0.39 is 0 Å². The maximum absolute atomic E-state index is 11.6. The molecular formula is C10H15N3O2. The van der Waals surface area contributed by atoms with Crippen LogP contribution in [0.2, 0.25) is 0 Å². The topological polar surface area (TPSA) is 80.9 Å². The molecule has 0 bridgehead atoms. The van der Waals surface area contributed by atoms with E-state index in [2.05, 4.69) is 4.98 Å². The van der Waals surface area contributed by atoms with Crippen molar-refractivity contribution in [1.29, 1.82) is 0 Å². The van der Waals surface area contributed by atoms with Crippen molar-refractivity contribution >= 4 is 0 Å². The highest BCUT2D eigenvalue weighted by Crippen LogP contribution is 2.27. The molecule has 1 aliphatic carbocycles. The van der Waals surface area contributed by atoms with Gasteiger partial charge < -0.3 is 5.73 Å². The number of H-pyrrole nitrogens is 1. The Bertz CT molecular complexity index is 454. The third-order valence-corrected chi connectivity index (χ3v) is 2.98. The van der Waals surface area contributed by atoms with Crippen molar-refractivity contribution in [2.75, 3.05) is 0 Å². The van der Waals surface area contributed by atoms with Crippen molar-refractivity contribution in [3.05, 3.63) is 32.6 Å². The van der Waals surface area contributed by atoms with Gasteiger partial charge in [0.1, 0.15) is 0 Å². The molecule has 0 radical (unpaired) electrons. The van der Waals surface area contributed by atoms with Crippen molar-refractivity contribution in [2.24, 2.45) is 5.73 Å². The van der Waals surface area contributed by atoms with E-state index in [4.69, 9.17) is 5.73 Å². The van der Waals surface area contributed by atoms with Crippen LogP contribution in [0.1, 0.15) is 37.3 Å². The SMILES string of the molecule is NCc1cn(C2CCCC2)c(=O)[nH]c1=O. The van der Waals surface area contributed by atoms with Gasteiger partial charge in [-0.3, -0.25) is 14.3 Å². The Labute approximate surface area is 86.9 Å². The summed E-state index contributed by atoms with van der Waals surface area (Å²) in [5.41, 5.74) is 5.23. The first kappa shape index (κ1) is 10.2. The molecule has 0 amide bonds. The molecule has 2 rings (SSSR count). The van der Waals surface area contributed by atoms with Gasteiger partial charge in [-0.05, 0) is 12.8 Å². The van der Waals surface area contributed by atoms with Crippen LogP contribution in [0, 0.1) is 0 Å². The van der Waals surface area contributed by atoms with Gasteiger partial charge in [0.25, 0.3) is 5.56 Å². The first-order chi connectivity index (χ1) is 7.22. The largest absolute Gasteiger partial charge is 0.328 e. The predicted octanol–water partition coefficient (Wildman–Crippen LogP) is 0.110. The Morgan fingerprint density at radius 1 is 1.40 bits per heavy atom. The third kappa shape index (κ3) is 1.87. The van der Waals surface area contributed by atoms with Gasteiger partial charge in [-0.2, -0.15) is 0 Å². The van der Waals surface area contributed by atoms with Gasteiger partial charge >= 0.3 is 5.69 Å². The molecule has 5 heteroatoms. The molecule has 0 aliphatic heterocycles. The molecule has 1 aromatic rings. The van der Waals surface area contributed by atoms with Crippen molar-refractivity contribution in [1.82, 2.24) is 9.55 Å². The quantitative estimate of drug-likeness (QED) is 0.725. The summed E-state index contributed by atoms with van der Waals surface area (Å²) in [5.74, 6) is 0. The molecule has 5 nitrogen and oxygen atoms in total. The van der Waals surface area contributed by atoms with E-state index in [0.717, 1.165) is 25.7 Å². The van der Waals surface area contributed by atoms with E-state index in [-0.39, 0.29) is 23.8 Å². The highest BCUT2D eigenvalue weighted by atomic mass is 16.2. The number of nitrogens with one attached hydrogen (secondary N) is 1. The Kier molecular flexibility index (Phi) is 2.73. The number of rotatable bonds is 2. The van der Waals surface area contributed by atoms with Crippen LogP contribution in [-0.4, -0.2) is 9.55 Å². The second kappa shape index (κ2) is 4.02. The average Bonchev–Trinajstić information content (AvgIpc) is 2.71. The molecule has 1 heterocycles. The molecule has 1 aromatic heterocycles. The number of hydrogen-bond donors (Lipinski definition) is 2. The maximum atomic E-state index is 11.6. The van der Waals surface area contributed by atoms with E-state index in [1.54, 1.807) is 10.8 Å². The van der Waals surface area contributed by atoms with Crippen LogP contribution in [0.3, 0.4) is 0 Å². The van der Waals surface area contributed by atoms with Crippen LogP contribution in [0.4, 0.5) is 0 Å². The van der Waals surface area contributed by atoms with E-state index in [1.807, 2.05) is 0 Å². The first-order valence-corrected chi connectivity index (χ1v) is 5.27. The zero-order chi connectivity index (χ0) is 10.8. The van der Waals surface area contributed by atoms with Crippen LogP contribution in [0.5, 0.6) is 0 Å². The zero-order valence-corrected chi connectivity index (χ0v) is 8.53. The predicted molar refractivity (Wildman–Crippen MR) is 56.7 cm³/mol. The summed E-state index contributed by atoms with van der Waals surface area (Å²) >= 11 is 0. The standard InChI is InChI=1S/C10H15N3O2/c11-5-7-6-13(8-3-1-2-4-8)10(15)12-9(7)14/h6,8H,1-5,11H2,(H,12,14,15). The summed E-state index contributed by atoms with van der Waals surface area (Å²) in [6.45, 7) is 0.169. The van der Waals surface area contributed by atoms with E-state index >= 15 is 0 Å². The highest BCUT2D eigenvalue weighted by Gasteiger charge is 2.18. The molecule has 0 unspecified atom stereocenters. The average molecular weight is 209 g/mol. The van der Waals surface area contributed by atoms with Crippen LogP contribution >= 0.6 is 0 Å². The lowest BCUT2D eigenvalue weighted by Crippen LogP contribution is -2.34. The van der Waals surface area contributed by atoms with Crippen molar-refractivity contribution in [3.8, 4) is 0 Å². The Hall–Kier alpha value is -1.36. The molecule has 82 valence electrons. The number of aromatic nitrogens is 2. The maximum Gasteiger partial charge on any atom is 0.328 e. The summed E-state index contributed by atoms with van der Waals surface area (Å²) in [5, 5.41) is 0. The van der Waals surface area contributed by atoms with Gasteiger partial charge in [-0.25, -0.2) is 4.79 Å². The normalized spacial score (nSPS) is 17.1. The summed E-state index contributed by atoms with van der Waals surface area (Å²) in [4.78, 5) is 25.2. The van der Waals surface area contributed by atoms with E-state index in [0.29, 0.717) is 5.56 Å². The van der Waals surface area contributed by atoms with Crippen molar-refractivity contribution in [3.63, 3.8) is 0 Å². The number of hydrogen-bond acceptors (Lipinski definition) is 3. The van der Waals surface area contributed by atoms with Crippen molar-refractivity contribution in [2.45, 2.75) is 38.3 Å². The Balaban J connectivity index is 2.46. The summed E-state index contributed by atoms with van der Waals surface area (Å²) in [6.07, 6.45) is 5.92. The van der Waals surface area contributed by atoms with E-state index in [1.165, 1.54) is 0 Å². The highest BCUT2D eigenvalue weighted by molar-refractivity contribution is 5.04. The monoisotopic (exact) mass is 209 g/mol. The summed E-state index contributed by atoms with van der Waals surface area (Å²) < 4.78 is 1.62. The van der Waals surface area contributed by atoms with Crippen LogP contribution in [0.25, 0.3) is 0 Å². The van der Waals surface area contributed by atoms with Crippen LogP contribution in [0.15, 0.2) is 15.8 Å². The lowest BCUT2D eigenvalue weighted by atomic mass is 10.2. The molecule has 1 saturated carbocycles. The van der Waals surface area contributed by atoms with Gasteiger partial charge in [-0.1, -0.05) is 12.8 Å². The molecule has 1 aliphatic rings. The minimum Gasteiger partial charge on any atom is -0.326 e. The molecule has 0 saturated heterocycles.